The topological polar surface area (TPSA) is 341 Å². The average Bonchev–Trinajstić information content (AvgIpc) is 2.68. The van der Waals surface area contributed by atoms with Crippen molar-refractivity contribution in [1.82, 2.24) is 41.3 Å². The minimum Gasteiger partial charge on any atom is -0.481 e. The van der Waals surface area contributed by atoms with Gasteiger partial charge >= 0.3 is 18.0 Å². The maximum absolute atomic E-state index is 14.8. The number of rotatable bonds is 35. The molecule has 0 radical (unpaired) electrons. The summed E-state index contributed by atoms with van der Waals surface area (Å²) in [6.45, 7) is 19.7. The van der Waals surface area contributed by atoms with Crippen LogP contribution in [-0.4, -0.2) is 192 Å². The Labute approximate surface area is 518 Å². The molecule has 0 aromatic heterocycles. The van der Waals surface area contributed by atoms with Gasteiger partial charge in [-0.25, -0.2) is 4.79 Å². The van der Waals surface area contributed by atoms with E-state index in [0.29, 0.717) is 43.4 Å². The standard InChI is InChI=1S/C63H99N9O16/c1-17-37(8)52(48(86-15)32-49(73)72-29-21-24-47(72)54(87-16)38(9)55(75)65-39(10)53(74)42-22-19-18-20-23-42)70(13)60(80)50(35(4)5)69-59(79)51(36(6)7)71(14)63(85)88-33-41-25-27-43(28-26-41)67-58(78)46(31-44(61(81)82)62(83)84)68-56(76)40(11)66-57(77)45(64-12)30-34(2)3/h18-20,22-23,25-28,34-40,44-48,50-54,64,74H,17,21,24,29-33H2,1-16H3,(H,65,75)(H,66,77)(H,67,78)(H,68,76)(H,69,79)(H,81,82)(H,83,84)/t37-,38+,39+,40-,45+,46-,47-,48+,50-,51-,52-,53+,54+/m0/s1. The SMILES string of the molecule is CC[C@H](C)[C@@H]([C@@H](CC(=O)N1CCC[C@H]1[C@H](OC)[C@@H](C)C(=O)N[C@H](C)[C@@H](O)c1ccccc1)OC)N(C)C(=O)[C@@H](NC(=O)[C@H](C(C)C)N(C)C(=O)OCc1ccc(NC(=O)[C@H](CC(C(=O)O)C(=O)O)NC(=O)[C@H](C)NC(=O)[C@@H](CC(C)C)NC)cc1)C(C)C. The molecule has 1 aliphatic heterocycles. The van der Waals surface area contributed by atoms with E-state index >= 15 is 0 Å². The number of methoxy groups -OCH3 is 2. The van der Waals surface area contributed by atoms with Gasteiger partial charge in [0, 0.05) is 47.0 Å². The molecule has 3 rings (SSSR count). The number of aliphatic hydroxyl groups is 1. The number of carboxylic acid groups (broad SMARTS) is 2. The van der Waals surface area contributed by atoms with E-state index in [1.165, 1.54) is 57.4 Å². The van der Waals surface area contributed by atoms with Crippen LogP contribution in [0.2, 0.25) is 0 Å². The lowest BCUT2D eigenvalue weighted by atomic mass is 9.89. The summed E-state index contributed by atoms with van der Waals surface area (Å²) in [4.78, 5) is 139. The van der Waals surface area contributed by atoms with Gasteiger partial charge in [-0.15, -0.1) is 0 Å². The molecule has 25 heteroatoms. The molecule has 0 saturated carbocycles. The van der Waals surface area contributed by atoms with Gasteiger partial charge in [0.15, 0.2) is 5.92 Å². The Hall–Kier alpha value is -7.22. The molecule has 13 atom stereocenters. The monoisotopic (exact) mass is 1240 g/mol. The van der Waals surface area contributed by atoms with Gasteiger partial charge in [-0.05, 0) is 87.1 Å². The van der Waals surface area contributed by atoms with E-state index in [0.717, 1.165) is 4.90 Å². The summed E-state index contributed by atoms with van der Waals surface area (Å²) in [6.07, 6.45) is -1.90. The highest BCUT2D eigenvalue weighted by Crippen LogP contribution is 2.30. The Morgan fingerprint density at radius 1 is 0.693 bits per heavy atom. The summed E-state index contributed by atoms with van der Waals surface area (Å²) < 4.78 is 17.6. The third kappa shape index (κ3) is 21.2. The Kier molecular flexibility index (Phi) is 30.4. The number of anilines is 1. The van der Waals surface area contributed by atoms with Crippen molar-refractivity contribution in [2.75, 3.05) is 47.2 Å². The summed E-state index contributed by atoms with van der Waals surface area (Å²) in [6, 6.07) is 7.50. The number of carboxylic acids is 2. The maximum atomic E-state index is 14.8. The molecule has 0 aliphatic carbocycles. The first-order valence-electron chi connectivity index (χ1n) is 30.3. The number of hydrogen-bond donors (Lipinski definition) is 9. The summed E-state index contributed by atoms with van der Waals surface area (Å²) >= 11 is 0. The minimum absolute atomic E-state index is 0.104. The molecule has 9 N–H and O–H groups in total. The Morgan fingerprint density at radius 2 is 1.31 bits per heavy atom. The molecule has 88 heavy (non-hydrogen) atoms. The fraction of sp³-hybridized carbons (Fsp3) is 0.651. The van der Waals surface area contributed by atoms with Crippen LogP contribution in [0.15, 0.2) is 54.6 Å². The smallest absolute Gasteiger partial charge is 0.410 e. The number of carbonyl (C=O) groups excluding carboxylic acids is 8. The van der Waals surface area contributed by atoms with Crippen LogP contribution < -0.4 is 31.9 Å². The number of hydrogen-bond acceptors (Lipinski definition) is 15. The van der Waals surface area contributed by atoms with Crippen LogP contribution in [0, 0.1) is 35.5 Å². The van der Waals surface area contributed by atoms with E-state index in [4.69, 9.17) is 14.2 Å². The molecule has 8 amide bonds. The number of carbonyl (C=O) groups is 10. The molecule has 2 aromatic rings. The first kappa shape index (κ1) is 75.0. The lowest BCUT2D eigenvalue weighted by Crippen LogP contribution is -2.60. The lowest BCUT2D eigenvalue weighted by molar-refractivity contribution is -0.155. The van der Waals surface area contributed by atoms with E-state index in [1.54, 1.807) is 72.7 Å². The minimum atomic E-state index is -2.07. The summed E-state index contributed by atoms with van der Waals surface area (Å²) in [5.41, 5.74) is 1.25. The molecule has 0 unspecified atom stereocenters. The second kappa shape index (κ2) is 35.7. The predicted molar refractivity (Wildman–Crippen MR) is 329 cm³/mol. The first-order chi connectivity index (χ1) is 41.3. The molecule has 2 aromatic carbocycles. The predicted octanol–water partition coefficient (Wildman–Crippen LogP) is 4.32. The fourth-order valence-corrected chi connectivity index (χ4v) is 11.1. The van der Waals surface area contributed by atoms with E-state index in [-0.39, 0.29) is 42.4 Å². The van der Waals surface area contributed by atoms with Crippen molar-refractivity contribution in [3.8, 4) is 0 Å². The molecule has 0 bridgehead atoms. The van der Waals surface area contributed by atoms with Crippen molar-refractivity contribution in [2.45, 2.75) is 188 Å². The maximum Gasteiger partial charge on any atom is 0.410 e. The van der Waals surface area contributed by atoms with E-state index < -0.39 is 144 Å². The van der Waals surface area contributed by atoms with Crippen molar-refractivity contribution in [3.05, 3.63) is 65.7 Å². The van der Waals surface area contributed by atoms with Gasteiger partial charge in [-0.1, -0.05) is 111 Å². The highest BCUT2D eigenvalue weighted by Gasteiger charge is 2.44. The normalized spacial score (nSPS) is 17.4. The van der Waals surface area contributed by atoms with Gasteiger partial charge in [-0.2, -0.15) is 0 Å². The van der Waals surface area contributed by atoms with Gasteiger partial charge < -0.3 is 71.2 Å². The van der Waals surface area contributed by atoms with Crippen LogP contribution >= 0.6 is 0 Å². The average molecular weight is 1240 g/mol. The van der Waals surface area contributed by atoms with Crippen molar-refractivity contribution < 1.29 is 77.5 Å². The second-order valence-corrected chi connectivity index (χ2v) is 24.2. The number of likely N-dealkylation sites (N-methyl/N-ethyl adjacent to an activating group) is 3. The Balaban J connectivity index is 1.73. The number of likely N-dealkylation sites (tertiary alicyclic amines) is 1. The summed E-state index contributed by atoms with van der Waals surface area (Å²) in [7, 11) is 7.59. The van der Waals surface area contributed by atoms with Crippen molar-refractivity contribution in [1.29, 1.82) is 0 Å². The lowest BCUT2D eigenvalue weighted by Gasteiger charge is -2.41. The van der Waals surface area contributed by atoms with Gasteiger partial charge in [0.05, 0.1) is 54.8 Å². The third-order valence-electron chi connectivity index (χ3n) is 16.5. The molecule has 0 spiro atoms. The molecular formula is C63H99N9O16. The number of amides is 8. The fourth-order valence-electron chi connectivity index (χ4n) is 11.1. The molecule has 492 valence electrons. The first-order valence-corrected chi connectivity index (χ1v) is 30.3. The van der Waals surface area contributed by atoms with Crippen molar-refractivity contribution in [3.63, 3.8) is 0 Å². The zero-order chi connectivity index (χ0) is 66.4. The number of nitrogens with one attached hydrogen (secondary N) is 6. The van der Waals surface area contributed by atoms with Crippen LogP contribution in [0.1, 0.15) is 132 Å². The van der Waals surface area contributed by atoms with Gasteiger partial charge in [0.1, 0.15) is 30.8 Å². The van der Waals surface area contributed by atoms with E-state index in [1.807, 2.05) is 45.9 Å². The molecule has 1 aliphatic rings. The molecule has 1 heterocycles. The third-order valence-corrected chi connectivity index (χ3v) is 16.5. The summed E-state index contributed by atoms with van der Waals surface area (Å²) in [5, 5.41) is 46.4. The van der Waals surface area contributed by atoms with E-state index in [9.17, 15) is 63.3 Å². The van der Waals surface area contributed by atoms with Gasteiger partial charge in [-0.3, -0.25) is 48.1 Å². The number of ether oxygens (including phenoxy) is 3. The molecule has 1 fully saturated rings. The Morgan fingerprint density at radius 3 is 1.83 bits per heavy atom. The zero-order valence-corrected chi connectivity index (χ0v) is 54.2. The quantitative estimate of drug-likeness (QED) is 0.0434. The number of benzene rings is 2. The largest absolute Gasteiger partial charge is 0.481 e. The van der Waals surface area contributed by atoms with Crippen LogP contribution in [0.3, 0.4) is 0 Å². The van der Waals surface area contributed by atoms with Crippen LogP contribution in [0.25, 0.3) is 0 Å². The molecule has 1 saturated heterocycles. The highest BCUT2D eigenvalue weighted by molar-refractivity contribution is 6.00. The van der Waals surface area contributed by atoms with E-state index in [2.05, 4.69) is 31.9 Å². The number of nitrogens with zero attached hydrogens (tertiary/aromatic N) is 3. The van der Waals surface area contributed by atoms with Crippen LogP contribution in [-0.2, 0) is 64.0 Å². The van der Waals surface area contributed by atoms with Gasteiger partial charge in [0.2, 0.25) is 41.4 Å². The number of aliphatic hydroxyl groups excluding tert-OH is 1. The zero-order valence-electron chi connectivity index (χ0n) is 54.2. The second-order valence-electron chi connectivity index (χ2n) is 24.2. The van der Waals surface area contributed by atoms with Crippen LogP contribution in [0.4, 0.5) is 10.5 Å². The van der Waals surface area contributed by atoms with Crippen LogP contribution in [0.5, 0.6) is 0 Å². The molecule has 25 nitrogen and oxygen atoms in total. The number of aliphatic carboxylic acids is 2. The van der Waals surface area contributed by atoms with Gasteiger partial charge in [0.25, 0.3) is 0 Å². The van der Waals surface area contributed by atoms with Crippen molar-refractivity contribution in [2.24, 2.45) is 35.5 Å². The highest BCUT2D eigenvalue weighted by atomic mass is 16.6. The molecular weight excluding hydrogens is 1140 g/mol. The summed E-state index contributed by atoms with van der Waals surface area (Å²) in [5.74, 6) is -11.2. The Bertz CT molecular complexity index is 2630. The van der Waals surface area contributed by atoms with Crippen molar-refractivity contribution >= 4 is 65.1 Å².